The number of H-pyrrole nitrogens is 1. The first-order valence-electron chi connectivity index (χ1n) is 5.70. The number of aromatic nitrogens is 4. The van der Waals surface area contributed by atoms with Crippen molar-refractivity contribution in [2.45, 2.75) is 0 Å². The normalized spacial score (nSPS) is 10.5. The van der Waals surface area contributed by atoms with Gasteiger partial charge in [0.1, 0.15) is 5.69 Å². The number of nitrogens with one attached hydrogen (secondary N) is 1. The highest BCUT2D eigenvalue weighted by atomic mass is 16.1. The second-order valence-electron chi connectivity index (χ2n) is 4.03. The van der Waals surface area contributed by atoms with Gasteiger partial charge in [0.25, 0.3) is 5.91 Å². The summed E-state index contributed by atoms with van der Waals surface area (Å²) in [5.41, 5.74) is 7.62. The zero-order valence-electron chi connectivity index (χ0n) is 9.95. The van der Waals surface area contributed by atoms with Crippen LogP contribution in [0.15, 0.2) is 48.8 Å². The van der Waals surface area contributed by atoms with E-state index in [2.05, 4.69) is 15.4 Å². The van der Waals surface area contributed by atoms with Crippen LogP contribution < -0.4 is 5.73 Å². The van der Waals surface area contributed by atoms with Crippen molar-refractivity contribution >= 4 is 5.91 Å². The highest BCUT2D eigenvalue weighted by Crippen LogP contribution is 2.22. The van der Waals surface area contributed by atoms with E-state index in [1.807, 2.05) is 53.4 Å². The third-order valence-corrected chi connectivity index (χ3v) is 2.80. The van der Waals surface area contributed by atoms with Gasteiger partial charge in [-0.15, -0.1) is 0 Å². The number of nitrogens with zero attached hydrogens (tertiary/aromatic N) is 3. The Labute approximate surface area is 108 Å². The number of nitrogens with two attached hydrogens (primary N) is 1. The van der Waals surface area contributed by atoms with Gasteiger partial charge < -0.3 is 10.3 Å². The number of carbonyl (C=O) groups excluding carboxylic acids is 1. The Morgan fingerprint density at radius 1 is 1.16 bits per heavy atom. The maximum atomic E-state index is 11.3. The Morgan fingerprint density at radius 3 is 2.68 bits per heavy atom. The summed E-state index contributed by atoms with van der Waals surface area (Å²) in [5.74, 6) is -0.602. The Hall–Kier alpha value is -2.89. The number of benzene rings is 1. The first kappa shape index (κ1) is 11.2. The standard InChI is InChI=1S/C13H11N5O/c14-13(19)12-11(15-17-16-12)9-4-3-5-10(8-9)18-6-1-2-7-18/h1-8H,(H2,14,19)(H,15,16,17). The molecule has 3 rings (SSSR count). The average molecular weight is 253 g/mol. The van der Waals surface area contributed by atoms with Crippen LogP contribution in [0.3, 0.4) is 0 Å². The SMILES string of the molecule is NC(=O)c1n[nH]nc1-c1cccc(-n2cccc2)c1. The van der Waals surface area contributed by atoms with Crippen LogP contribution in [0.2, 0.25) is 0 Å². The molecule has 1 aromatic carbocycles. The molecule has 0 aliphatic carbocycles. The third kappa shape index (κ3) is 1.99. The fourth-order valence-corrected chi connectivity index (χ4v) is 1.92. The van der Waals surface area contributed by atoms with Crippen LogP contribution in [0, 0.1) is 0 Å². The molecule has 0 aliphatic heterocycles. The van der Waals surface area contributed by atoms with Crippen LogP contribution in [0.25, 0.3) is 16.9 Å². The van der Waals surface area contributed by atoms with Crippen LogP contribution in [0.1, 0.15) is 10.5 Å². The van der Waals surface area contributed by atoms with E-state index in [0.717, 1.165) is 11.3 Å². The van der Waals surface area contributed by atoms with Gasteiger partial charge in [-0.05, 0) is 24.3 Å². The molecule has 0 saturated heterocycles. The second-order valence-corrected chi connectivity index (χ2v) is 4.03. The summed E-state index contributed by atoms with van der Waals surface area (Å²) in [5, 5.41) is 10.2. The molecule has 0 saturated carbocycles. The maximum Gasteiger partial charge on any atom is 0.271 e. The lowest BCUT2D eigenvalue weighted by Crippen LogP contribution is -2.12. The molecular weight excluding hydrogens is 242 g/mol. The van der Waals surface area contributed by atoms with Crippen molar-refractivity contribution in [2.24, 2.45) is 5.73 Å². The number of aromatic amines is 1. The Balaban J connectivity index is 2.09. The molecule has 0 radical (unpaired) electrons. The summed E-state index contributed by atoms with van der Waals surface area (Å²) in [4.78, 5) is 11.3. The van der Waals surface area contributed by atoms with E-state index >= 15 is 0 Å². The van der Waals surface area contributed by atoms with Gasteiger partial charge in [0, 0.05) is 23.6 Å². The quantitative estimate of drug-likeness (QED) is 0.738. The van der Waals surface area contributed by atoms with Gasteiger partial charge >= 0.3 is 0 Å². The smallest absolute Gasteiger partial charge is 0.271 e. The summed E-state index contributed by atoms with van der Waals surface area (Å²) >= 11 is 0. The van der Waals surface area contributed by atoms with Gasteiger partial charge in [0.2, 0.25) is 0 Å². The first-order valence-corrected chi connectivity index (χ1v) is 5.70. The Morgan fingerprint density at radius 2 is 1.95 bits per heavy atom. The molecule has 19 heavy (non-hydrogen) atoms. The highest BCUT2D eigenvalue weighted by Gasteiger charge is 2.15. The second kappa shape index (κ2) is 4.41. The predicted octanol–water partition coefficient (Wildman–Crippen LogP) is 1.36. The molecule has 0 aliphatic rings. The number of amides is 1. The molecule has 0 fully saturated rings. The minimum Gasteiger partial charge on any atom is -0.364 e. The van der Waals surface area contributed by atoms with Crippen LogP contribution in [-0.4, -0.2) is 25.9 Å². The van der Waals surface area contributed by atoms with Crippen molar-refractivity contribution in [3.8, 4) is 16.9 Å². The van der Waals surface area contributed by atoms with E-state index < -0.39 is 5.91 Å². The Bertz CT molecular complexity index is 714. The van der Waals surface area contributed by atoms with Crippen molar-refractivity contribution in [2.75, 3.05) is 0 Å². The summed E-state index contributed by atoms with van der Waals surface area (Å²) < 4.78 is 1.97. The molecule has 1 amide bonds. The zero-order valence-corrected chi connectivity index (χ0v) is 9.95. The number of primary amides is 1. The summed E-state index contributed by atoms with van der Waals surface area (Å²) in [6.07, 6.45) is 3.88. The van der Waals surface area contributed by atoms with Crippen molar-refractivity contribution in [1.82, 2.24) is 20.0 Å². The van der Waals surface area contributed by atoms with Crippen molar-refractivity contribution in [3.63, 3.8) is 0 Å². The van der Waals surface area contributed by atoms with Crippen molar-refractivity contribution < 1.29 is 4.79 Å². The van der Waals surface area contributed by atoms with Crippen LogP contribution >= 0.6 is 0 Å². The molecule has 6 heteroatoms. The van der Waals surface area contributed by atoms with E-state index in [1.54, 1.807) is 0 Å². The molecule has 0 atom stereocenters. The van der Waals surface area contributed by atoms with E-state index in [4.69, 9.17) is 5.73 Å². The van der Waals surface area contributed by atoms with Gasteiger partial charge in [0.15, 0.2) is 5.69 Å². The number of rotatable bonds is 3. The van der Waals surface area contributed by atoms with Gasteiger partial charge in [0.05, 0.1) is 0 Å². The highest BCUT2D eigenvalue weighted by molar-refractivity contribution is 5.96. The monoisotopic (exact) mass is 253 g/mol. The fraction of sp³-hybridized carbons (Fsp3) is 0. The number of hydrogen-bond acceptors (Lipinski definition) is 3. The molecule has 0 unspecified atom stereocenters. The van der Waals surface area contributed by atoms with E-state index in [0.29, 0.717) is 5.69 Å². The molecule has 0 bridgehead atoms. The predicted molar refractivity (Wildman–Crippen MR) is 69.7 cm³/mol. The molecule has 6 nitrogen and oxygen atoms in total. The average Bonchev–Trinajstić information content (AvgIpc) is 3.10. The van der Waals surface area contributed by atoms with Gasteiger partial charge in [-0.3, -0.25) is 4.79 Å². The molecule has 3 aromatic rings. The number of hydrogen-bond donors (Lipinski definition) is 2. The van der Waals surface area contributed by atoms with Gasteiger partial charge in [-0.2, -0.15) is 15.4 Å². The lowest BCUT2D eigenvalue weighted by molar-refractivity contribution is 0.0996. The molecule has 2 heterocycles. The van der Waals surface area contributed by atoms with Crippen molar-refractivity contribution in [1.29, 1.82) is 0 Å². The summed E-state index contributed by atoms with van der Waals surface area (Å²) in [6.45, 7) is 0. The van der Waals surface area contributed by atoms with Crippen LogP contribution in [0.5, 0.6) is 0 Å². The lowest BCUT2D eigenvalue weighted by atomic mass is 10.1. The van der Waals surface area contributed by atoms with Crippen LogP contribution in [0.4, 0.5) is 0 Å². The van der Waals surface area contributed by atoms with Gasteiger partial charge in [-0.25, -0.2) is 0 Å². The molecule has 94 valence electrons. The molecular formula is C13H11N5O. The minimum absolute atomic E-state index is 0.143. The first-order chi connectivity index (χ1) is 9.25. The summed E-state index contributed by atoms with van der Waals surface area (Å²) in [7, 11) is 0. The van der Waals surface area contributed by atoms with E-state index in [-0.39, 0.29) is 5.69 Å². The van der Waals surface area contributed by atoms with Crippen molar-refractivity contribution in [3.05, 3.63) is 54.5 Å². The van der Waals surface area contributed by atoms with E-state index in [1.165, 1.54) is 0 Å². The Kier molecular flexibility index (Phi) is 2.60. The molecule has 2 aromatic heterocycles. The maximum absolute atomic E-state index is 11.3. The molecule has 0 spiro atoms. The fourth-order valence-electron chi connectivity index (χ4n) is 1.92. The zero-order chi connectivity index (χ0) is 13.2. The minimum atomic E-state index is -0.602. The van der Waals surface area contributed by atoms with E-state index in [9.17, 15) is 4.79 Å². The third-order valence-electron chi connectivity index (χ3n) is 2.80. The van der Waals surface area contributed by atoms with Crippen LogP contribution in [-0.2, 0) is 0 Å². The largest absolute Gasteiger partial charge is 0.364 e. The number of carbonyl (C=O) groups is 1. The topological polar surface area (TPSA) is 89.6 Å². The van der Waals surface area contributed by atoms with Gasteiger partial charge in [-0.1, -0.05) is 12.1 Å². The summed E-state index contributed by atoms with van der Waals surface area (Å²) in [6, 6.07) is 11.5. The molecule has 3 N–H and O–H groups in total. The lowest BCUT2D eigenvalue weighted by Gasteiger charge is -2.05.